The molecule has 24 heavy (non-hydrogen) atoms. The molecule has 128 valence electrons. The number of nitrogens with one attached hydrogen (secondary N) is 2. The average Bonchev–Trinajstić information content (AvgIpc) is 2.48. The number of anilines is 2. The smallest absolute Gasteiger partial charge is 0.354 e. The van der Waals surface area contributed by atoms with Gasteiger partial charge < -0.3 is 10.6 Å². The molecule has 0 aliphatic carbocycles. The van der Waals surface area contributed by atoms with Crippen molar-refractivity contribution in [3.63, 3.8) is 0 Å². The topological polar surface area (TPSA) is 54.0 Å². The maximum atomic E-state index is 12.8. The molecule has 0 radical (unpaired) electrons. The highest BCUT2D eigenvalue weighted by Gasteiger charge is 2.31. The molecule has 2 rings (SSSR count). The van der Waals surface area contributed by atoms with Crippen LogP contribution in [0.5, 0.6) is 0 Å². The zero-order valence-electron chi connectivity index (χ0n) is 12.9. The Morgan fingerprint density at radius 2 is 1.92 bits per heavy atom. The van der Waals surface area contributed by atoms with Crippen molar-refractivity contribution in [1.29, 1.82) is 0 Å². The van der Waals surface area contributed by atoms with Crippen molar-refractivity contribution in [3.05, 3.63) is 52.8 Å². The minimum absolute atomic E-state index is 0.0613. The number of carbonyl (C=O) groups is 1. The first-order valence-electron chi connectivity index (χ1n) is 7.07. The van der Waals surface area contributed by atoms with Crippen molar-refractivity contribution in [3.8, 4) is 0 Å². The molecule has 1 amide bonds. The highest BCUT2D eigenvalue weighted by atomic mass is 35.5. The highest BCUT2D eigenvalue weighted by Crippen LogP contribution is 2.34. The first-order chi connectivity index (χ1) is 11.2. The lowest BCUT2D eigenvalue weighted by molar-refractivity contribution is -0.137. The second kappa shape index (κ2) is 7.09. The molecule has 2 aromatic rings. The van der Waals surface area contributed by atoms with E-state index in [0.29, 0.717) is 5.69 Å². The molecule has 1 aromatic carbocycles. The molecule has 0 atom stereocenters. The van der Waals surface area contributed by atoms with Crippen molar-refractivity contribution in [1.82, 2.24) is 10.3 Å². The molecule has 1 heterocycles. The van der Waals surface area contributed by atoms with Crippen molar-refractivity contribution >= 4 is 28.9 Å². The molecule has 1 aromatic heterocycles. The number of alkyl halides is 3. The van der Waals surface area contributed by atoms with Gasteiger partial charge in [-0.05, 0) is 44.2 Å². The number of nitrogens with zero attached hydrogens (tertiary/aromatic N) is 1. The van der Waals surface area contributed by atoms with Crippen LogP contribution < -0.4 is 10.6 Å². The van der Waals surface area contributed by atoms with Gasteiger partial charge in [0.25, 0.3) is 5.91 Å². The van der Waals surface area contributed by atoms with Crippen LogP contribution in [0, 0.1) is 0 Å². The van der Waals surface area contributed by atoms with E-state index in [1.807, 2.05) is 13.8 Å². The first-order valence-corrected chi connectivity index (χ1v) is 7.45. The summed E-state index contributed by atoms with van der Waals surface area (Å²) in [5.74, 6) is -0.371. The molecular weight excluding hydrogens is 343 g/mol. The number of amides is 1. The second-order valence-electron chi connectivity index (χ2n) is 5.38. The van der Waals surface area contributed by atoms with Gasteiger partial charge in [0.1, 0.15) is 5.69 Å². The molecule has 2 N–H and O–H groups in total. The van der Waals surface area contributed by atoms with E-state index < -0.39 is 11.7 Å². The van der Waals surface area contributed by atoms with E-state index in [2.05, 4.69) is 15.6 Å². The Morgan fingerprint density at radius 3 is 2.54 bits per heavy atom. The van der Waals surface area contributed by atoms with Crippen molar-refractivity contribution in [2.24, 2.45) is 0 Å². The van der Waals surface area contributed by atoms with E-state index in [0.717, 1.165) is 12.1 Å². The molecule has 0 saturated heterocycles. The number of rotatable bonds is 4. The molecule has 0 unspecified atom stereocenters. The van der Waals surface area contributed by atoms with Crippen molar-refractivity contribution in [2.75, 3.05) is 5.32 Å². The molecular formula is C16H15ClF3N3O. The number of aromatic nitrogens is 1. The fourth-order valence-electron chi connectivity index (χ4n) is 1.92. The third-order valence-corrected chi connectivity index (χ3v) is 3.31. The van der Waals surface area contributed by atoms with Gasteiger partial charge in [-0.2, -0.15) is 13.2 Å². The van der Waals surface area contributed by atoms with Gasteiger partial charge in [-0.1, -0.05) is 11.6 Å². The minimum atomic E-state index is -4.47. The quantitative estimate of drug-likeness (QED) is 0.838. The summed E-state index contributed by atoms with van der Waals surface area (Å²) >= 11 is 5.94. The molecule has 0 aliphatic heterocycles. The maximum Gasteiger partial charge on any atom is 0.416 e. The Hall–Kier alpha value is -2.28. The fraction of sp³-hybridized carbons (Fsp3) is 0.250. The van der Waals surface area contributed by atoms with E-state index >= 15 is 0 Å². The standard InChI is InChI=1S/C16H15ClF3N3O/c1-9(2)22-15(24)14-8-11(5-6-21-14)23-13-7-10(16(18,19)20)3-4-12(13)17/h3-9H,1-2H3,(H,21,23)(H,22,24). The van der Waals surface area contributed by atoms with E-state index in [1.165, 1.54) is 24.4 Å². The number of carbonyl (C=O) groups excluding carboxylic acids is 1. The van der Waals surface area contributed by atoms with E-state index in [1.54, 1.807) is 0 Å². The zero-order chi connectivity index (χ0) is 17.9. The summed E-state index contributed by atoms with van der Waals surface area (Å²) in [6.45, 7) is 3.62. The zero-order valence-corrected chi connectivity index (χ0v) is 13.7. The minimum Gasteiger partial charge on any atom is -0.354 e. The second-order valence-corrected chi connectivity index (χ2v) is 5.78. The van der Waals surface area contributed by atoms with Crippen LogP contribution in [0.25, 0.3) is 0 Å². The predicted octanol–water partition coefficient (Wildman–Crippen LogP) is 4.64. The van der Waals surface area contributed by atoms with Crippen LogP contribution >= 0.6 is 11.6 Å². The Labute approximate surface area is 142 Å². The molecule has 8 heteroatoms. The summed E-state index contributed by atoms with van der Waals surface area (Å²) in [6, 6.07) is 5.89. The van der Waals surface area contributed by atoms with Gasteiger partial charge in [-0.3, -0.25) is 9.78 Å². The Balaban J connectivity index is 2.27. The molecule has 0 aliphatic rings. The number of benzene rings is 1. The summed E-state index contributed by atoms with van der Waals surface area (Å²) < 4.78 is 38.4. The van der Waals surface area contributed by atoms with Crippen LogP contribution in [0.1, 0.15) is 29.9 Å². The predicted molar refractivity (Wildman–Crippen MR) is 86.6 cm³/mol. The lowest BCUT2D eigenvalue weighted by atomic mass is 10.2. The van der Waals surface area contributed by atoms with Gasteiger partial charge in [0.05, 0.1) is 16.3 Å². The summed E-state index contributed by atoms with van der Waals surface area (Å²) in [6.07, 6.45) is -3.08. The SMILES string of the molecule is CC(C)NC(=O)c1cc(Nc2cc(C(F)(F)F)ccc2Cl)ccn1. The summed E-state index contributed by atoms with van der Waals surface area (Å²) in [7, 11) is 0. The van der Waals surface area contributed by atoms with Crippen LogP contribution in [0.15, 0.2) is 36.5 Å². The van der Waals surface area contributed by atoms with Crippen LogP contribution in [0.4, 0.5) is 24.5 Å². The fourth-order valence-corrected chi connectivity index (χ4v) is 2.09. The van der Waals surface area contributed by atoms with E-state index in [-0.39, 0.29) is 28.4 Å². The third-order valence-electron chi connectivity index (χ3n) is 2.99. The van der Waals surface area contributed by atoms with Gasteiger partial charge in [0.2, 0.25) is 0 Å². The van der Waals surface area contributed by atoms with E-state index in [9.17, 15) is 18.0 Å². The average molecular weight is 358 g/mol. The summed E-state index contributed by atoms with van der Waals surface area (Å²) in [5.41, 5.74) is -0.175. The van der Waals surface area contributed by atoms with Crippen LogP contribution in [0.3, 0.4) is 0 Å². The van der Waals surface area contributed by atoms with E-state index in [4.69, 9.17) is 11.6 Å². The molecule has 0 bridgehead atoms. The molecule has 4 nitrogen and oxygen atoms in total. The van der Waals surface area contributed by atoms with Crippen LogP contribution in [-0.4, -0.2) is 16.9 Å². The van der Waals surface area contributed by atoms with Crippen molar-refractivity contribution < 1.29 is 18.0 Å². The van der Waals surface area contributed by atoms with Gasteiger partial charge in [-0.15, -0.1) is 0 Å². The van der Waals surface area contributed by atoms with Gasteiger partial charge in [-0.25, -0.2) is 0 Å². The van der Waals surface area contributed by atoms with Crippen LogP contribution in [0.2, 0.25) is 5.02 Å². The molecule has 0 saturated carbocycles. The van der Waals surface area contributed by atoms with Gasteiger partial charge in [0.15, 0.2) is 0 Å². The Morgan fingerprint density at radius 1 is 1.21 bits per heavy atom. The number of hydrogen-bond acceptors (Lipinski definition) is 3. The molecule has 0 fully saturated rings. The van der Waals surface area contributed by atoms with Crippen LogP contribution in [-0.2, 0) is 6.18 Å². The Kier molecular flexibility index (Phi) is 5.33. The monoisotopic (exact) mass is 357 g/mol. The van der Waals surface area contributed by atoms with Gasteiger partial charge in [0, 0.05) is 17.9 Å². The molecule has 0 spiro atoms. The highest BCUT2D eigenvalue weighted by molar-refractivity contribution is 6.33. The maximum absolute atomic E-state index is 12.8. The lowest BCUT2D eigenvalue weighted by Crippen LogP contribution is -2.30. The normalized spacial score (nSPS) is 11.5. The lowest BCUT2D eigenvalue weighted by Gasteiger charge is -2.13. The van der Waals surface area contributed by atoms with Crippen molar-refractivity contribution in [2.45, 2.75) is 26.1 Å². The summed E-state index contributed by atoms with van der Waals surface area (Å²) in [5, 5.41) is 5.60. The summed E-state index contributed by atoms with van der Waals surface area (Å²) in [4.78, 5) is 15.9. The number of halogens is 4. The first kappa shape index (κ1) is 18.1. The Bertz CT molecular complexity index is 748. The number of pyridine rings is 1. The third kappa shape index (κ3) is 4.61. The van der Waals surface area contributed by atoms with Gasteiger partial charge >= 0.3 is 6.18 Å². The largest absolute Gasteiger partial charge is 0.416 e. The number of hydrogen-bond donors (Lipinski definition) is 2.